The number of anilines is 1. The lowest BCUT2D eigenvalue weighted by Crippen LogP contribution is -2.26. The molecule has 2 heterocycles. The molecule has 1 aliphatic rings. The van der Waals surface area contributed by atoms with Crippen LogP contribution in [0.1, 0.15) is 42.5 Å². The van der Waals surface area contributed by atoms with Crippen LogP contribution in [0.5, 0.6) is 0 Å². The van der Waals surface area contributed by atoms with Gasteiger partial charge in [0.2, 0.25) is 0 Å². The van der Waals surface area contributed by atoms with E-state index in [4.69, 9.17) is 5.11 Å². The number of carbonyl (C=O) groups is 1. The van der Waals surface area contributed by atoms with Gasteiger partial charge in [-0.2, -0.15) is 0 Å². The fourth-order valence-electron chi connectivity index (χ4n) is 2.39. The quantitative estimate of drug-likeness (QED) is 0.802. The summed E-state index contributed by atoms with van der Waals surface area (Å²) >= 11 is 0. The van der Waals surface area contributed by atoms with Gasteiger partial charge in [-0.3, -0.25) is 4.79 Å². The molecule has 2 rings (SSSR count). The van der Waals surface area contributed by atoms with Gasteiger partial charge >= 0.3 is 0 Å². The molecule has 0 spiro atoms. The smallest absolute Gasteiger partial charge is 0.252 e. The predicted octanol–water partition coefficient (Wildman–Crippen LogP) is 1.57. The van der Waals surface area contributed by atoms with Gasteiger partial charge in [-0.1, -0.05) is 12.8 Å². The molecule has 0 aromatic carbocycles. The summed E-state index contributed by atoms with van der Waals surface area (Å²) in [6.07, 6.45) is 7.22. The van der Waals surface area contributed by atoms with E-state index >= 15 is 0 Å². The number of aromatic nitrogens is 1. The Balaban J connectivity index is 1.93. The first-order valence-corrected chi connectivity index (χ1v) is 7.41. The molecule has 0 saturated carbocycles. The van der Waals surface area contributed by atoms with Crippen molar-refractivity contribution in [3.8, 4) is 0 Å². The van der Waals surface area contributed by atoms with Crippen molar-refractivity contribution in [2.75, 3.05) is 31.1 Å². The Hall–Kier alpha value is -1.62. The fourth-order valence-corrected chi connectivity index (χ4v) is 2.39. The molecule has 1 aromatic rings. The van der Waals surface area contributed by atoms with Gasteiger partial charge in [0.25, 0.3) is 5.91 Å². The highest BCUT2D eigenvalue weighted by molar-refractivity contribution is 5.94. The van der Waals surface area contributed by atoms with E-state index in [9.17, 15) is 4.79 Å². The molecule has 0 atom stereocenters. The van der Waals surface area contributed by atoms with Crippen LogP contribution in [0.3, 0.4) is 0 Å². The minimum Gasteiger partial charge on any atom is -0.396 e. The molecule has 20 heavy (non-hydrogen) atoms. The monoisotopic (exact) mass is 277 g/mol. The van der Waals surface area contributed by atoms with Crippen LogP contribution in [0.2, 0.25) is 0 Å². The van der Waals surface area contributed by atoms with Crippen molar-refractivity contribution in [2.24, 2.45) is 0 Å². The first-order chi connectivity index (χ1) is 9.81. The van der Waals surface area contributed by atoms with Crippen molar-refractivity contribution in [3.05, 3.63) is 23.9 Å². The van der Waals surface area contributed by atoms with Gasteiger partial charge in [0.1, 0.15) is 5.82 Å². The molecule has 1 saturated heterocycles. The minimum atomic E-state index is -0.131. The Kier molecular flexibility index (Phi) is 5.80. The number of hydrogen-bond acceptors (Lipinski definition) is 4. The van der Waals surface area contributed by atoms with Gasteiger partial charge < -0.3 is 15.3 Å². The van der Waals surface area contributed by atoms with Gasteiger partial charge in [0.15, 0.2) is 0 Å². The number of hydrogen-bond donors (Lipinski definition) is 2. The highest BCUT2D eigenvalue weighted by atomic mass is 16.3. The number of rotatable bonds is 5. The van der Waals surface area contributed by atoms with Crippen LogP contribution in [-0.2, 0) is 0 Å². The van der Waals surface area contributed by atoms with E-state index in [1.165, 1.54) is 25.7 Å². The molecular formula is C15H23N3O2. The molecule has 2 N–H and O–H groups in total. The zero-order valence-electron chi connectivity index (χ0n) is 11.8. The van der Waals surface area contributed by atoms with Crippen molar-refractivity contribution < 1.29 is 9.90 Å². The van der Waals surface area contributed by atoms with Gasteiger partial charge in [-0.15, -0.1) is 0 Å². The Bertz CT molecular complexity index is 412. The molecule has 0 bridgehead atoms. The molecule has 5 nitrogen and oxygen atoms in total. The van der Waals surface area contributed by atoms with Crippen molar-refractivity contribution in [1.82, 2.24) is 10.3 Å². The molecule has 0 unspecified atom stereocenters. The summed E-state index contributed by atoms with van der Waals surface area (Å²) in [6, 6.07) is 3.74. The summed E-state index contributed by atoms with van der Waals surface area (Å²) in [5.41, 5.74) is 0.571. The third kappa shape index (κ3) is 4.20. The lowest BCUT2D eigenvalue weighted by atomic mass is 10.2. The maximum absolute atomic E-state index is 11.8. The van der Waals surface area contributed by atoms with E-state index in [2.05, 4.69) is 15.2 Å². The summed E-state index contributed by atoms with van der Waals surface area (Å²) in [6.45, 7) is 2.68. The van der Waals surface area contributed by atoms with Crippen molar-refractivity contribution in [2.45, 2.75) is 32.1 Å². The number of aliphatic hydroxyl groups is 1. The summed E-state index contributed by atoms with van der Waals surface area (Å²) in [5, 5.41) is 11.4. The van der Waals surface area contributed by atoms with E-state index in [-0.39, 0.29) is 12.5 Å². The number of pyridine rings is 1. The zero-order valence-corrected chi connectivity index (χ0v) is 11.8. The Morgan fingerprint density at radius 1 is 1.25 bits per heavy atom. The van der Waals surface area contributed by atoms with E-state index in [1.807, 2.05) is 12.1 Å². The largest absolute Gasteiger partial charge is 0.396 e. The Morgan fingerprint density at radius 2 is 2.00 bits per heavy atom. The van der Waals surface area contributed by atoms with E-state index in [0.29, 0.717) is 18.5 Å². The lowest BCUT2D eigenvalue weighted by Gasteiger charge is -2.21. The van der Waals surface area contributed by atoms with E-state index < -0.39 is 0 Å². The molecule has 5 heteroatoms. The van der Waals surface area contributed by atoms with E-state index in [0.717, 1.165) is 18.9 Å². The Labute approximate surface area is 120 Å². The van der Waals surface area contributed by atoms with Crippen LogP contribution < -0.4 is 10.2 Å². The second-order valence-electron chi connectivity index (χ2n) is 5.14. The molecule has 0 aliphatic carbocycles. The zero-order chi connectivity index (χ0) is 14.2. The predicted molar refractivity (Wildman–Crippen MR) is 79.0 cm³/mol. The van der Waals surface area contributed by atoms with Gasteiger partial charge in [0, 0.05) is 32.4 Å². The summed E-state index contributed by atoms with van der Waals surface area (Å²) in [4.78, 5) is 18.5. The molecular weight excluding hydrogens is 254 g/mol. The van der Waals surface area contributed by atoms with Crippen molar-refractivity contribution in [1.29, 1.82) is 0 Å². The summed E-state index contributed by atoms with van der Waals surface area (Å²) in [5.74, 6) is 0.826. The van der Waals surface area contributed by atoms with Crippen LogP contribution in [-0.4, -0.2) is 42.2 Å². The highest BCUT2D eigenvalue weighted by Crippen LogP contribution is 2.17. The molecule has 1 aromatic heterocycles. The maximum atomic E-state index is 11.8. The topological polar surface area (TPSA) is 65.5 Å². The number of nitrogens with zero attached hydrogens (tertiary/aromatic N) is 2. The van der Waals surface area contributed by atoms with Crippen molar-refractivity contribution in [3.63, 3.8) is 0 Å². The van der Waals surface area contributed by atoms with E-state index in [1.54, 1.807) is 6.20 Å². The molecule has 1 fully saturated rings. The summed E-state index contributed by atoms with van der Waals surface area (Å²) in [7, 11) is 0. The summed E-state index contributed by atoms with van der Waals surface area (Å²) < 4.78 is 0. The fraction of sp³-hybridized carbons (Fsp3) is 0.600. The van der Waals surface area contributed by atoms with Crippen LogP contribution in [0.25, 0.3) is 0 Å². The van der Waals surface area contributed by atoms with Crippen molar-refractivity contribution >= 4 is 11.7 Å². The molecule has 110 valence electrons. The third-order valence-electron chi connectivity index (χ3n) is 3.56. The first-order valence-electron chi connectivity index (χ1n) is 7.41. The van der Waals surface area contributed by atoms with Gasteiger partial charge in [-0.25, -0.2) is 4.98 Å². The first kappa shape index (κ1) is 14.8. The standard InChI is InChI=1S/C15H23N3O2/c19-11-5-8-16-15(20)13-6-7-14(17-12-13)18-9-3-1-2-4-10-18/h6-7,12,19H,1-5,8-11H2,(H,16,20). The van der Waals surface area contributed by atoms with Crippen LogP contribution in [0.4, 0.5) is 5.82 Å². The minimum absolute atomic E-state index is 0.0897. The van der Waals surface area contributed by atoms with Crippen LogP contribution >= 0.6 is 0 Å². The number of amides is 1. The van der Waals surface area contributed by atoms with Crippen LogP contribution in [0.15, 0.2) is 18.3 Å². The molecule has 0 radical (unpaired) electrons. The average Bonchev–Trinajstić information content (AvgIpc) is 2.77. The number of aliphatic hydroxyl groups excluding tert-OH is 1. The Morgan fingerprint density at radius 3 is 2.60 bits per heavy atom. The maximum Gasteiger partial charge on any atom is 0.252 e. The van der Waals surface area contributed by atoms with Gasteiger partial charge in [-0.05, 0) is 31.4 Å². The number of nitrogens with one attached hydrogen (secondary N) is 1. The van der Waals surface area contributed by atoms with Gasteiger partial charge in [0.05, 0.1) is 5.56 Å². The highest BCUT2D eigenvalue weighted by Gasteiger charge is 2.12. The third-order valence-corrected chi connectivity index (χ3v) is 3.56. The number of carbonyl (C=O) groups excluding carboxylic acids is 1. The van der Waals surface area contributed by atoms with Crippen LogP contribution in [0, 0.1) is 0 Å². The molecule has 1 aliphatic heterocycles. The second-order valence-corrected chi connectivity index (χ2v) is 5.14. The average molecular weight is 277 g/mol. The molecule has 1 amide bonds. The SMILES string of the molecule is O=C(NCCCO)c1ccc(N2CCCCCC2)nc1. The normalized spacial score (nSPS) is 15.8. The second kappa shape index (κ2) is 7.85. The lowest BCUT2D eigenvalue weighted by molar-refractivity contribution is 0.0951.